The molecule has 3 N–H and O–H groups in total. The standard InChI is InChI=1S/C17H24N4O/c1-17(2,3)15(11-18)19-16(22)14-10-13(20-21(14)4)12-8-6-5-7-9-12/h5-10,15H,11,18H2,1-4H3,(H,19,22). The van der Waals surface area contributed by atoms with E-state index in [0.717, 1.165) is 11.3 Å². The lowest BCUT2D eigenvalue weighted by Gasteiger charge is -2.30. The first-order chi connectivity index (χ1) is 10.3. The summed E-state index contributed by atoms with van der Waals surface area (Å²) in [6, 6.07) is 11.5. The van der Waals surface area contributed by atoms with Gasteiger partial charge in [0.1, 0.15) is 5.69 Å². The van der Waals surface area contributed by atoms with Crippen LogP contribution in [0, 0.1) is 5.41 Å². The Kier molecular flexibility index (Phi) is 4.66. The second-order valence-corrected chi connectivity index (χ2v) is 6.53. The number of carbonyl (C=O) groups excluding carboxylic acids is 1. The lowest BCUT2D eigenvalue weighted by Crippen LogP contribution is -2.48. The summed E-state index contributed by atoms with van der Waals surface area (Å²) in [5, 5.41) is 7.43. The van der Waals surface area contributed by atoms with Crippen LogP contribution in [0.4, 0.5) is 0 Å². The normalized spacial score (nSPS) is 13.0. The Hall–Kier alpha value is -2.14. The van der Waals surface area contributed by atoms with E-state index in [1.54, 1.807) is 17.8 Å². The highest BCUT2D eigenvalue weighted by atomic mass is 16.2. The fourth-order valence-corrected chi connectivity index (χ4v) is 2.29. The number of carbonyl (C=O) groups is 1. The first kappa shape index (κ1) is 16.2. The molecule has 2 aromatic rings. The van der Waals surface area contributed by atoms with Gasteiger partial charge in [-0.2, -0.15) is 5.10 Å². The molecule has 5 nitrogen and oxygen atoms in total. The fourth-order valence-electron chi connectivity index (χ4n) is 2.29. The van der Waals surface area contributed by atoms with Crippen LogP contribution < -0.4 is 11.1 Å². The molecule has 0 bridgehead atoms. The Bertz CT molecular complexity index is 640. The minimum absolute atomic E-state index is 0.0879. The fraction of sp³-hybridized carbons (Fsp3) is 0.412. The lowest BCUT2D eigenvalue weighted by atomic mass is 9.86. The SMILES string of the molecule is Cn1nc(-c2ccccc2)cc1C(=O)NC(CN)C(C)(C)C. The zero-order chi connectivity index (χ0) is 16.3. The van der Waals surface area contributed by atoms with E-state index in [2.05, 4.69) is 31.2 Å². The molecular formula is C17H24N4O. The van der Waals surface area contributed by atoms with Gasteiger partial charge in [0.15, 0.2) is 0 Å². The smallest absolute Gasteiger partial charge is 0.269 e. The summed E-state index contributed by atoms with van der Waals surface area (Å²) in [6.07, 6.45) is 0. The van der Waals surface area contributed by atoms with Crippen LogP contribution in [-0.4, -0.2) is 28.3 Å². The summed E-state index contributed by atoms with van der Waals surface area (Å²) < 4.78 is 1.61. The van der Waals surface area contributed by atoms with Crippen LogP contribution in [0.3, 0.4) is 0 Å². The van der Waals surface area contributed by atoms with Gasteiger partial charge >= 0.3 is 0 Å². The topological polar surface area (TPSA) is 72.9 Å². The molecule has 0 saturated carbocycles. The van der Waals surface area contributed by atoms with Crippen molar-refractivity contribution in [3.05, 3.63) is 42.1 Å². The van der Waals surface area contributed by atoms with Gasteiger partial charge in [-0.1, -0.05) is 51.1 Å². The molecule has 0 spiro atoms. The monoisotopic (exact) mass is 300 g/mol. The average molecular weight is 300 g/mol. The van der Waals surface area contributed by atoms with Gasteiger partial charge in [0.05, 0.1) is 5.69 Å². The quantitative estimate of drug-likeness (QED) is 0.909. The summed E-state index contributed by atoms with van der Waals surface area (Å²) in [4.78, 5) is 12.5. The first-order valence-corrected chi connectivity index (χ1v) is 7.43. The molecule has 0 aliphatic heterocycles. The average Bonchev–Trinajstić information content (AvgIpc) is 2.86. The minimum atomic E-state index is -0.150. The van der Waals surface area contributed by atoms with Crippen molar-refractivity contribution in [2.24, 2.45) is 18.2 Å². The summed E-state index contributed by atoms with van der Waals surface area (Å²) in [7, 11) is 1.77. The van der Waals surface area contributed by atoms with Gasteiger partial charge < -0.3 is 11.1 Å². The van der Waals surface area contributed by atoms with Gasteiger partial charge in [0.2, 0.25) is 0 Å². The Labute approximate surface area is 131 Å². The van der Waals surface area contributed by atoms with Gasteiger partial charge in [-0.05, 0) is 11.5 Å². The molecule has 1 heterocycles. The number of aryl methyl sites for hydroxylation is 1. The molecule has 5 heteroatoms. The van der Waals surface area contributed by atoms with Gasteiger partial charge in [0.25, 0.3) is 5.91 Å². The zero-order valence-electron chi connectivity index (χ0n) is 13.6. The van der Waals surface area contributed by atoms with E-state index in [1.807, 2.05) is 30.3 Å². The largest absolute Gasteiger partial charge is 0.346 e. The molecule has 0 aliphatic carbocycles. The van der Waals surface area contributed by atoms with Gasteiger partial charge in [-0.3, -0.25) is 9.48 Å². The molecule has 1 atom stereocenters. The lowest BCUT2D eigenvalue weighted by molar-refractivity contribution is 0.0896. The van der Waals surface area contributed by atoms with Crippen molar-refractivity contribution in [2.45, 2.75) is 26.8 Å². The molecule has 1 unspecified atom stereocenters. The summed E-state index contributed by atoms with van der Waals surface area (Å²) in [6.45, 7) is 6.58. The molecule has 1 aromatic heterocycles. The Balaban J connectivity index is 2.23. The van der Waals surface area contributed by atoms with Gasteiger partial charge in [-0.25, -0.2) is 0 Å². The second kappa shape index (κ2) is 6.32. The molecule has 1 amide bonds. The molecule has 2 rings (SSSR count). The van der Waals surface area contributed by atoms with Crippen molar-refractivity contribution in [2.75, 3.05) is 6.54 Å². The molecule has 0 aliphatic rings. The second-order valence-electron chi connectivity index (χ2n) is 6.53. The maximum atomic E-state index is 12.5. The van der Waals surface area contributed by atoms with E-state index in [1.165, 1.54) is 0 Å². The molecule has 0 saturated heterocycles. The highest BCUT2D eigenvalue weighted by molar-refractivity contribution is 5.94. The molecule has 118 valence electrons. The maximum absolute atomic E-state index is 12.5. The Morgan fingerprint density at radius 3 is 2.50 bits per heavy atom. The van der Waals surface area contributed by atoms with Crippen molar-refractivity contribution < 1.29 is 4.79 Å². The number of amides is 1. The van der Waals surface area contributed by atoms with Gasteiger partial charge in [0, 0.05) is 25.2 Å². The number of rotatable bonds is 4. The van der Waals surface area contributed by atoms with Crippen LogP contribution in [0.25, 0.3) is 11.3 Å². The van der Waals surface area contributed by atoms with E-state index in [9.17, 15) is 4.79 Å². The number of nitrogens with one attached hydrogen (secondary N) is 1. The van der Waals surface area contributed by atoms with E-state index >= 15 is 0 Å². The number of benzene rings is 1. The van der Waals surface area contributed by atoms with E-state index in [0.29, 0.717) is 12.2 Å². The third-order valence-corrected chi connectivity index (χ3v) is 3.77. The zero-order valence-corrected chi connectivity index (χ0v) is 13.6. The number of nitrogens with two attached hydrogens (primary N) is 1. The molecule has 22 heavy (non-hydrogen) atoms. The highest BCUT2D eigenvalue weighted by Crippen LogP contribution is 2.21. The van der Waals surface area contributed by atoms with Crippen molar-refractivity contribution in [3.63, 3.8) is 0 Å². The number of aromatic nitrogens is 2. The number of hydrogen-bond donors (Lipinski definition) is 2. The number of hydrogen-bond acceptors (Lipinski definition) is 3. The van der Waals surface area contributed by atoms with Crippen LogP contribution in [0.1, 0.15) is 31.3 Å². The maximum Gasteiger partial charge on any atom is 0.269 e. The molecule has 0 radical (unpaired) electrons. The van der Waals surface area contributed by atoms with Crippen molar-refractivity contribution in [1.29, 1.82) is 0 Å². The van der Waals surface area contributed by atoms with E-state index < -0.39 is 0 Å². The van der Waals surface area contributed by atoms with Crippen molar-refractivity contribution >= 4 is 5.91 Å². The van der Waals surface area contributed by atoms with Crippen LogP contribution in [0.2, 0.25) is 0 Å². The van der Waals surface area contributed by atoms with Gasteiger partial charge in [-0.15, -0.1) is 0 Å². The first-order valence-electron chi connectivity index (χ1n) is 7.43. The van der Waals surface area contributed by atoms with Crippen LogP contribution in [-0.2, 0) is 7.05 Å². The molecule has 1 aromatic carbocycles. The third kappa shape index (κ3) is 3.54. The predicted octanol–water partition coefficient (Wildman–Crippen LogP) is 2.19. The molecular weight excluding hydrogens is 276 g/mol. The van der Waals surface area contributed by atoms with Crippen LogP contribution in [0.15, 0.2) is 36.4 Å². The van der Waals surface area contributed by atoms with Crippen molar-refractivity contribution in [3.8, 4) is 11.3 Å². The summed E-state index contributed by atoms with van der Waals surface area (Å²) in [5.41, 5.74) is 7.99. The van der Waals surface area contributed by atoms with Crippen molar-refractivity contribution in [1.82, 2.24) is 15.1 Å². The Morgan fingerprint density at radius 2 is 1.95 bits per heavy atom. The molecule has 0 fully saturated rings. The third-order valence-electron chi connectivity index (χ3n) is 3.77. The van der Waals surface area contributed by atoms with E-state index in [-0.39, 0.29) is 17.4 Å². The summed E-state index contributed by atoms with van der Waals surface area (Å²) >= 11 is 0. The minimum Gasteiger partial charge on any atom is -0.346 e. The van der Waals surface area contributed by atoms with Crippen LogP contribution >= 0.6 is 0 Å². The Morgan fingerprint density at radius 1 is 1.32 bits per heavy atom. The van der Waals surface area contributed by atoms with Crippen LogP contribution in [0.5, 0.6) is 0 Å². The summed E-state index contributed by atoms with van der Waals surface area (Å²) in [5.74, 6) is -0.150. The predicted molar refractivity (Wildman–Crippen MR) is 88.4 cm³/mol. The van der Waals surface area contributed by atoms with E-state index in [4.69, 9.17) is 5.73 Å². The highest BCUT2D eigenvalue weighted by Gasteiger charge is 2.26. The number of nitrogens with zero attached hydrogens (tertiary/aromatic N) is 2.